The van der Waals surface area contributed by atoms with Crippen LogP contribution in [0.25, 0.3) is 0 Å². The van der Waals surface area contributed by atoms with E-state index in [2.05, 4.69) is 11.9 Å². The summed E-state index contributed by atoms with van der Waals surface area (Å²) in [5, 5.41) is 0. The molecule has 0 spiro atoms. The van der Waals surface area contributed by atoms with Crippen molar-refractivity contribution >= 4 is 11.8 Å². The number of nitrogens with zero attached hydrogens (tertiary/aromatic N) is 2. The van der Waals surface area contributed by atoms with Crippen LogP contribution < -0.4 is 5.73 Å². The molecule has 2 rings (SSSR count). The van der Waals surface area contributed by atoms with Crippen LogP contribution >= 0.6 is 0 Å². The smallest absolute Gasteiger partial charge is 0.360 e. The van der Waals surface area contributed by atoms with Gasteiger partial charge in [0.05, 0.1) is 7.11 Å². The highest BCUT2D eigenvalue weighted by atomic mass is 16.5. The predicted molar refractivity (Wildman–Crippen MR) is 74.0 cm³/mol. The molecule has 0 bridgehead atoms. The van der Waals surface area contributed by atoms with Crippen LogP contribution in [0.2, 0.25) is 0 Å². The number of carbonyl (C=O) groups is 1. The number of nitrogen functional groups attached to an aromatic ring is 1. The number of rotatable bonds is 3. The lowest BCUT2D eigenvalue weighted by molar-refractivity contribution is 0.0595. The van der Waals surface area contributed by atoms with E-state index in [4.69, 9.17) is 10.5 Å². The molecule has 1 fully saturated rings. The van der Waals surface area contributed by atoms with E-state index in [-0.39, 0.29) is 5.69 Å². The van der Waals surface area contributed by atoms with Crippen LogP contribution in [0, 0.1) is 12.8 Å². The van der Waals surface area contributed by atoms with Crippen LogP contribution in [0.5, 0.6) is 0 Å². The van der Waals surface area contributed by atoms with Crippen molar-refractivity contribution in [3.05, 3.63) is 11.5 Å². The SMILES string of the molecule is CCC1CCCC(n2c(C)nc(C(=O)OC)c2N)C1. The summed E-state index contributed by atoms with van der Waals surface area (Å²) in [5.41, 5.74) is 6.35. The van der Waals surface area contributed by atoms with Gasteiger partial charge >= 0.3 is 5.97 Å². The first-order valence-electron chi connectivity index (χ1n) is 7.01. The van der Waals surface area contributed by atoms with Crippen molar-refractivity contribution in [3.63, 3.8) is 0 Å². The lowest BCUT2D eigenvalue weighted by Crippen LogP contribution is -2.21. The number of imidazole rings is 1. The van der Waals surface area contributed by atoms with Crippen molar-refractivity contribution < 1.29 is 9.53 Å². The average molecular weight is 265 g/mol. The fourth-order valence-electron chi connectivity index (χ4n) is 3.14. The van der Waals surface area contributed by atoms with Gasteiger partial charge in [-0.25, -0.2) is 9.78 Å². The number of carbonyl (C=O) groups excluding carboxylic acids is 1. The van der Waals surface area contributed by atoms with E-state index in [1.165, 1.54) is 26.4 Å². The van der Waals surface area contributed by atoms with Crippen LogP contribution in [-0.4, -0.2) is 22.6 Å². The topological polar surface area (TPSA) is 70.1 Å². The minimum absolute atomic E-state index is 0.249. The molecule has 5 nitrogen and oxygen atoms in total. The van der Waals surface area contributed by atoms with Crippen molar-refractivity contribution in [3.8, 4) is 0 Å². The van der Waals surface area contributed by atoms with Crippen LogP contribution in [0.1, 0.15) is 61.4 Å². The van der Waals surface area contributed by atoms with Gasteiger partial charge in [-0.15, -0.1) is 0 Å². The summed E-state index contributed by atoms with van der Waals surface area (Å²) in [6.45, 7) is 4.13. The van der Waals surface area contributed by atoms with Gasteiger partial charge in [-0.3, -0.25) is 0 Å². The molecule has 1 aromatic rings. The molecule has 0 aromatic carbocycles. The van der Waals surface area contributed by atoms with Gasteiger partial charge in [0.2, 0.25) is 0 Å². The second-order valence-electron chi connectivity index (χ2n) is 5.35. The highest BCUT2D eigenvalue weighted by molar-refractivity contribution is 5.92. The number of ether oxygens (including phenoxy) is 1. The van der Waals surface area contributed by atoms with Crippen molar-refractivity contribution in [2.24, 2.45) is 5.92 Å². The van der Waals surface area contributed by atoms with Gasteiger partial charge in [-0.2, -0.15) is 0 Å². The van der Waals surface area contributed by atoms with E-state index in [1.54, 1.807) is 0 Å². The minimum atomic E-state index is -0.456. The Labute approximate surface area is 114 Å². The first-order chi connectivity index (χ1) is 9.08. The van der Waals surface area contributed by atoms with Gasteiger partial charge in [0.25, 0.3) is 0 Å². The number of hydrogen-bond donors (Lipinski definition) is 1. The Balaban J connectivity index is 2.29. The van der Waals surface area contributed by atoms with Gasteiger partial charge in [-0.05, 0) is 25.7 Å². The molecule has 1 aliphatic rings. The summed E-state index contributed by atoms with van der Waals surface area (Å²) >= 11 is 0. The lowest BCUT2D eigenvalue weighted by Gasteiger charge is -2.30. The van der Waals surface area contributed by atoms with E-state index in [1.807, 2.05) is 11.5 Å². The zero-order valence-electron chi connectivity index (χ0n) is 12.0. The Bertz CT molecular complexity index is 468. The quantitative estimate of drug-likeness (QED) is 0.853. The molecule has 2 N–H and O–H groups in total. The van der Waals surface area contributed by atoms with Gasteiger partial charge in [0.15, 0.2) is 5.69 Å². The highest BCUT2D eigenvalue weighted by Crippen LogP contribution is 2.36. The van der Waals surface area contributed by atoms with E-state index >= 15 is 0 Å². The summed E-state index contributed by atoms with van der Waals surface area (Å²) in [6, 6.07) is 0.365. The Morgan fingerprint density at radius 3 is 2.89 bits per heavy atom. The van der Waals surface area contributed by atoms with Crippen molar-refractivity contribution in [1.29, 1.82) is 0 Å². The number of nitrogens with two attached hydrogens (primary N) is 1. The maximum Gasteiger partial charge on any atom is 0.360 e. The van der Waals surface area contributed by atoms with Crippen LogP contribution in [-0.2, 0) is 4.74 Å². The summed E-state index contributed by atoms with van der Waals surface area (Å²) in [6.07, 6.45) is 5.95. The molecule has 1 heterocycles. The van der Waals surface area contributed by atoms with Crippen molar-refractivity contribution in [2.45, 2.75) is 52.0 Å². The number of aromatic nitrogens is 2. The maximum absolute atomic E-state index is 11.6. The number of anilines is 1. The standard InChI is InChI=1S/C14H23N3O2/c1-4-10-6-5-7-11(8-10)17-9(2)16-12(13(17)15)14(18)19-3/h10-11H,4-8,15H2,1-3H3. The average Bonchev–Trinajstić information content (AvgIpc) is 2.73. The van der Waals surface area contributed by atoms with E-state index < -0.39 is 5.97 Å². The molecule has 19 heavy (non-hydrogen) atoms. The Morgan fingerprint density at radius 1 is 1.53 bits per heavy atom. The molecule has 2 atom stereocenters. The zero-order chi connectivity index (χ0) is 14.0. The van der Waals surface area contributed by atoms with E-state index in [9.17, 15) is 4.79 Å². The molecule has 0 aliphatic heterocycles. The molecule has 0 saturated heterocycles. The van der Waals surface area contributed by atoms with Crippen LogP contribution in [0.15, 0.2) is 0 Å². The van der Waals surface area contributed by atoms with Crippen LogP contribution in [0.3, 0.4) is 0 Å². The van der Waals surface area contributed by atoms with Gasteiger partial charge < -0.3 is 15.0 Å². The lowest BCUT2D eigenvalue weighted by atomic mass is 9.84. The summed E-state index contributed by atoms with van der Waals surface area (Å²) in [7, 11) is 1.35. The monoisotopic (exact) mass is 265 g/mol. The van der Waals surface area contributed by atoms with Crippen molar-refractivity contribution in [2.75, 3.05) is 12.8 Å². The summed E-state index contributed by atoms with van der Waals surface area (Å²) < 4.78 is 6.74. The Morgan fingerprint density at radius 2 is 2.26 bits per heavy atom. The first-order valence-corrected chi connectivity index (χ1v) is 7.01. The van der Waals surface area contributed by atoms with E-state index in [0.717, 1.165) is 24.6 Å². The van der Waals surface area contributed by atoms with Crippen molar-refractivity contribution in [1.82, 2.24) is 9.55 Å². The summed E-state index contributed by atoms with van der Waals surface area (Å²) in [4.78, 5) is 15.9. The van der Waals surface area contributed by atoms with E-state index in [0.29, 0.717) is 11.9 Å². The number of aryl methyl sites for hydroxylation is 1. The third-order valence-electron chi connectivity index (χ3n) is 4.20. The highest BCUT2D eigenvalue weighted by Gasteiger charge is 2.27. The van der Waals surface area contributed by atoms with Gasteiger partial charge in [0, 0.05) is 6.04 Å². The fourth-order valence-corrected chi connectivity index (χ4v) is 3.14. The third kappa shape index (κ3) is 2.60. The molecule has 106 valence electrons. The first kappa shape index (κ1) is 13.9. The summed E-state index contributed by atoms with van der Waals surface area (Å²) in [5.74, 6) is 1.55. The molecule has 5 heteroatoms. The molecule has 1 aliphatic carbocycles. The molecule has 0 radical (unpaired) electrons. The Hall–Kier alpha value is -1.52. The van der Waals surface area contributed by atoms with Gasteiger partial charge in [0.1, 0.15) is 11.6 Å². The van der Waals surface area contributed by atoms with Gasteiger partial charge in [-0.1, -0.05) is 26.2 Å². The van der Waals surface area contributed by atoms with Crippen LogP contribution in [0.4, 0.5) is 5.82 Å². The molecular weight excluding hydrogens is 242 g/mol. The molecule has 1 saturated carbocycles. The molecule has 0 amide bonds. The minimum Gasteiger partial charge on any atom is -0.464 e. The Kier molecular flexibility index (Phi) is 4.12. The number of esters is 1. The maximum atomic E-state index is 11.6. The molecular formula is C14H23N3O2. The molecule has 2 unspecified atom stereocenters. The second-order valence-corrected chi connectivity index (χ2v) is 5.35. The molecule has 1 aromatic heterocycles. The number of methoxy groups -OCH3 is 1. The predicted octanol–water partition coefficient (Wildman–Crippen LogP) is 2.70. The third-order valence-corrected chi connectivity index (χ3v) is 4.20. The zero-order valence-corrected chi connectivity index (χ0v) is 12.0. The largest absolute Gasteiger partial charge is 0.464 e. The second kappa shape index (κ2) is 5.63. The number of hydrogen-bond acceptors (Lipinski definition) is 4. The fraction of sp³-hybridized carbons (Fsp3) is 0.714. The normalized spacial score (nSPS) is 23.3.